The maximum Gasteiger partial charge on any atom is 0.231 e. The van der Waals surface area contributed by atoms with Crippen molar-refractivity contribution in [3.05, 3.63) is 41.0 Å². The van der Waals surface area contributed by atoms with Gasteiger partial charge in [0.15, 0.2) is 17.3 Å². The van der Waals surface area contributed by atoms with Crippen molar-refractivity contribution in [3.63, 3.8) is 0 Å². The number of benzene rings is 1. The summed E-state index contributed by atoms with van der Waals surface area (Å²) in [5, 5.41) is 0. The Balaban J connectivity index is 0.00000289. The van der Waals surface area contributed by atoms with Gasteiger partial charge in [-0.05, 0) is 42.9 Å². The lowest BCUT2D eigenvalue weighted by Crippen LogP contribution is -3.00. The van der Waals surface area contributed by atoms with Gasteiger partial charge in [-0.3, -0.25) is 4.79 Å². The molecule has 2 atom stereocenters. The van der Waals surface area contributed by atoms with Crippen molar-refractivity contribution in [1.29, 1.82) is 0 Å². The van der Waals surface area contributed by atoms with Gasteiger partial charge in [-0.15, -0.1) is 0 Å². The molecule has 4 rings (SSSR count). The standard InChI is InChI=1S/C26H36NO4.HI/c1-17-8-7-12-26(2,3)20(17)10-9-19(28)15-21-23-18(11-13-27(21,4)5)14-22-24(25(23)29-6)31-16-30-22;/h8-10,14,20-21H,7,11-13,15-16H2,1-6H3;1H/q+1;/p-1/b10-9+;. The number of rotatable bonds is 5. The number of allylic oxidation sites excluding steroid dienone is 4. The van der Waals surface area contributed by atoms with Crippen LogP contribution < -0.4 is 38.2 Å². The first-order chi connectivity index (χ1) is 14.6. The first-order valence-corrected chi connectivity index (χ1v) is 11.3. The Morgan fingerprint density at radius 1 is 1.31 bits per heavy atom. The number of carbonyl (C=O) groups excluding carboxylic acids is 1. The first kappa shape index (κ1) is 25.1. The van der Waals surface area contributed by atoms with Crippen molar-refractivity contribution in [2.75, 3.05) is 34.5 Å². The van der Waals surface area contributed by atoms with Gasteiger partial charge in [0, 0.05) is 12.3 Å². The molecule has 176 valence electrons. The topological polar surface area (TPSA) is 44.8 Å². The average Bonchev–Trinajstić information content (AvgIpc) is 3.16. The molecule has 0 radical (unpaired) electrons. The van der Waals surface area contributed by atoms with E-state index in [1.165, 1.54) is 11.1 Å². The lowest BCUT2D eigenvalue weighted by molar-refractivity contribution is -0.922. The highest BCUT2D eigenvalue weighted by molar-refractivity contribution is 5.90. The second-order valence-corrected chi connectivity index (χ2v) is 10.5. The van der Waals surface area contributed by atoms with Crippen LogP contribution in [0.15, 0.2) is 29.9 Å². The second kappa shape index (κ2) is 9.37. The molecule has 2 heterocycles. The molecule has 6 heteroatoms. The lowest BCUT2D eigenvalue weighted by Gasteiger charge is -2.43. The fourth-order valence-corrected chi connectivity index (χ4v) is 5.56. The summed E-state index contributed by atoms with van der Waals surface area (Å²) in [6, 6.07) is 2.09. The summed E-state index contributed by atoms with van der Waals surface area (Å²) < 4.78 is 17.9. The molecule has 1 aliphatic carbocycles. The molecule has 3 aliphatic rings. The smallest absolute Gasteiger partial charge is 0.231 e. The van der Waals surface area contributed by atoms with Crippen LogP contribution in [-0.4, -0.2) is 44.8 Å². The second-order valence-electron chi connectivity index (χ2n) is 10.5. The van der Waals surface area contributed by atoms with E-state index in [1.54, 1.807) is 7.11 Å². The van der Waals surface area contributed by atoms with Gasteiger partial charge in [-0.25, -0.2) is 0 Å². The van der Waals surface area contributed by atoms with E-state index < -0.39 is 0 Å². The molecule has 0 bridgehead atoms. The Kier molecular flexibility index (Phi) is 7.35. The monoisotopic (exact) mass is 553 g/mol. The van der Waals surface area contributed by atoms with Gasteiger partial charge in [-0.2, -0.15) is 0 Å². The zero-order valence-electron chi connectivity index (χ0n) is 20.2. The number of methoxy groups -OCH3 is 1. The van der Waals surface area contributed by atoms with Crippen LogP contribution in [-0.2, 0) is 11.2 Å². The molecule has 0 saturated carbocycles. The Hall–Kier alpha value is -1.54. The predicted molar refractivity (Wildman–Crippen MR) is 122 cm³/mol. The summed E-state index contributed by atoms with van der Waals surface area (Å²) in [7, 11) is 6.07. The molecule has 0 amide bonds. The molecular weight excluding hydrogens is 517 g/mol. The van der Waals surface area contributed by atoms with E-state index in [-0.39, 0.29) is 48.0 Å². The van der Waals surface area contributed by atoms with E-state index in [0.717, 1.165) is 47.4 Å². The quantitative estimate of drug-likeness (QED) is 0.242. The molecule has 2 aliphatic heterocycles. The molecule has 1 aromatic rings. The summed E-state index contributed by atoms with van der Waals surface area (Å²) in [6.45, 7) is 7.96. The Bertz CT molecular complexity index is 948. The number of ketones is 1. The normalized spacial score (nSPS) is 25.0. The first-order valence-electron chi connectivity index (χ1n) is 11.3. The van der Waals surface area contributed by atoms with Gasteiger partial charge in [-0.1, -0.05) is 31.6 Å². The van der Waals surface area contributed by atoms with Gasteiger partial charge in [0.05, 0.1) is 39.7 Å². The minimum Gasteiger partial charge on any atom is -1.00 e. The largest absolute Gasteiger partial charge is 1.00 e. The molecule has 0 fully saturated rings. The fraction of sp³-hybridized carbons (Fsp3) is 0.577. The minimum atomic E-state index is 0. The zero-order chi connectivity index (χ0) is 22.4. The van der Waals surface area contributed by atoms with Crippen molar-refractivity contribution < 1.29 is 47.5 Å². The Morgan fingerprint density at radius 3 is 2.75 bits per heavy atom. The number of hydrogen-bond acceptors (Lipinski definition) is 4. The van der Waals surface area contributed by atoms with E-state index in [4.69, 9.17) is 14.2 Å². The molecule has 1 aromatic carbocycles. The number of ether oxygens (including phenoxy) is 3. The van der Waals surface area contributed by atoms with Crippen LogP contribution in [0, 0.1) is 11.3 Å². The summed E-state index contributed by atoms with van der Waals surface area (Å²) in [6.07, 6.45) is 9.92. The van der Waals surface area contributed by atoms with Crippen LogP contribution >= 0.6 is 0 Å². The third-order valence-electron chi connectivity index (χ3n) is 7.54. The van der Waals surface area contributed by atoms with Gasteiger partial charge < -0.3 is 42.7 Å². The molecule has 0 saturated heterocycles. The van der Waals surface area contributed by atoms with Crippen LogP contribution in [0.4, 0.5) is 0 Å². The zero-order valence-corrected chi connectivity index (χ0v) is 22.3. The lowest BCUT2D eigenvalue weighted by atomic mass is 9.68. The van der Waals surface area contributed by atoms with Crippen LogP contribution in [0.3, 0.4) is 0 Å². The van der Waals surface area contributed by atoms with Crippen LogP contribution in [0.1, 0.15) is 57.2 Å². The molecule has 2 unspecified atom stereocenters. The van der Waals surface area contributed by atoms with Crippen LogP contribution in [0.5, 0.6) is 17.2 Å². The number of fused-ring (bicyclic) bond motifs is 2. The van der Waals surface area contributed by atoms with Gasteiger partial charge in [0.25, 0.3) is 0 Å². The summed E-state index contributed by atoms with van der Waals surface area (Å²) >= 11 is 0. The number of hydrogen-bond donors (Lipinski definition) is 0. The maximum atomic E-state index is 13.2. The predicted octanol–water partition coefficient (Wildman–Crippen LogP) is 2.00. The molecule has 0 aromatic heterocycles. The highest BCUT2D eigenvalue weighted by Crippen LogP contribution is 2.51. The summed E-state index contributed by atoms with van der Waals surface area (Å²) in [4.78, 5) is 13.2. The summed E-state index contributed by atoms with van der Waals surface area (Å²) in [5.41, 5.74) is 3.85. The maximum absolute atomic E-state index is 13.2. The minimum absolute atomic E-state index is 0. The van der Waals surface area contributed by atoms with E-state index in [9.17, 15) is 4.79 Å². The molecule has 0 spiro atoms. The number of nitrogens with zero attached hydrogens (tertiary/aromatic N) is 1. The summed E-state index contributed by atoms with van der Waals surface area (Å²) in [5.74, 6) is 2.62. The van der Waals surface area contributed by atoms with Gasteiger partial charge in [0.1, 0.15) is 6.04 Å². The molecule has 5 nitrogen and oxygen atoms in total. The van der Waals surface area contributed by atoms with Gasteiger partial charge in [0.2, 0.25) is 12.5 Å². The van der Waals surface area contributed by atoms with Gasteiger partial charge >= 0.3 is 0 Å². The third-order valence-corrected chi connectivity index (χ3v) is 7.54. The number of likely N-dealkylation sites (N-methyl/N-ethyl adjacent to an activating group) is 1. The highest BCUT2D eigenvalue weighted by Gasteiger charge is 2.42. The molecule has 0 N–H and O–H groups in total. The highest BCUT2D eigenvalue weighted by atomic mass is 127. The van der Waals surface area contributed by atoms with Crippen molar-refractivity contribution >= 4 is 5.78 Å². The number of quaternary nitrogens is 1. The average molecular weight is 553 g/mol. The van der Waals surface area contributed by atoms with Crippen molar-refractivity contribution in [2.24, 2.45) is 11.3 Å². The number of carbonyl (C=O) groups is 1. The fourth-order valence-electron chi connectivity index (χ4n) is 5.56. The molecule has 32 heavy (non-hydrogen) atoms. The Labute approximate surface area is 209 Å². The third kappa shape index (κ3) is 4.58. The van der Waals surface area contributed by atoms with E-state index >= 15 is 0 Å². The van der Waals surface area contributed by atoms with E-state index in [0.29, 0.717) is 18.1 Å². The van der Waals surface area contributed by atoms with E-state index in [2.05, 4.69) is 53.1 Å². The van der Waals surface area contributed by atoms with Crippen LogP contribution in [0.25, 0.3) is 0 Å². The SMILES string of the molecule is COc1c2c(cc3c1C(CC(=O)/C=C/C1C(C)=CCCC1(C)C)[N+](C)(C)CC3)OCO2.[I-]. The van der Waals surface area contributed by atoms with Crippen LogP contribution in [0.2, 0.25) is 0 Å². The molecular formula is C26H36INO4. The van der Waals surface area contributed by atoms with Crippen molar-refractivity contribution in [3.8, 4) is 17.2 Å². The number of halogens is 1. The van der Waals surface area contributed by atoms with E-state index in [1.807, 2.05) is 6.08 Å². The van der Waals surface area contributed by atoms with Crippen molar-refractivity contribution in [1.82, 2.24) is 0 Å². The Morgan fingerprint density at radius 2 is 2.06 bits per heavy atom. The van der Waals surface area contributed by atoms with Crippen molar-refractivity contribution in [2.45, 2.75) is 52.5 Å².